The summed E-state index contributed by atoms with van der Waals surface area (Å²) >= 11 is 0. The van der Waals surface area contributed by atoms with Crippen molar-refractivity contribution in [1.29, 1.82) is 0 Å². The van der Waals surface area contributed by atoms with Crippen molar-refractivity contribution >= 4 is 11.6 Å². The van der Waals surface area contributed by atoms with E-state index in [1.807, 2.05) is 0 Å². The lowest BCUT2D eigenvalue weighted by atomic mass is 9.89. The Morgan fingerprint density at radius 1 is 1.35 bits per heavy atom. The second-order valence-electron chi connectivity index (χ2n) is 5.54. The molecule has 1 amide bonds. The standard InChI is InChI=1S/C15H24N2O3/c1-15(2,7-8-19-3)10-17-14(18)12-6-5-11(20-4)9-13(12)16/h5-6,9H,7-8,10,16H2,1-4H3,(H,17,18). The van der Waals surface area contributed by atoms with Gasteiger partial charge in [-0.15, -0.1) is 0 Å². The van der Waals surface area contributed by atoms with E-state index >= 15 is 0 Å². The highest BCUT2D eigenvalue weighted by atomic mass is 16.5. The fourth-order valence-corrected chi connectivity index (χ4v) is 1.76. The van der Waals surface area contributed by atoms with E-state index < -0.39 is 0 Å². The Morgan fingerprint density at radius 3 is 2.60 bits per heavy atom. The first kappa shape index (κ1) is 16.3. The Balaban J connectivity index is 2.63. The maximum atomic E-state index is 12.1. The molecule has 0 aliphatic heterocycles. The van der Waals surface area contributed by atoms with Crippen LogP contribution in [0.5, 0.6) is 5.75 Å². The van der Waals surface area contributed by atoms with Gasteiger partial charge in [-0.2, -0.15) is 0 Å². The monoisotopic (exact) mass is 280 g/mol. The summed E-state index contributed by atoms with van der Waals surface area (Å²) in [4.78, 5) is 12.1. The lowest BCUT2D eigenvalue weighted by Gasteiger charge is -2.24. The zero-order valence-electron chi connectivity index (χ0n) is 12.7. The molecule has 0 saturated heterocycles. The molecular formula is C15H24N2O3. The van der Waals surface area contributed by atoms with Gasteiger partial charge in [-0.1, -0.05) is 13.8 Å². The van der Waals surface area contributed by atoms with Gasteiger partial charge < -0.3 is 20.5 Å². The molecule has 0 radical (unpaired) electrons. The predicted octanol–water partition coefficient (Wildman–Crippen LogP) is 2.07. The third-order valence-electron chi connectivity index (χ3n) is 3.21. The third-order valence-corrected chi connectivity index (χ3v) is 3.21. The zero-order chi connectivity index (χ0) is 15.2. The number of hydrogen-bond donors (Lipinski definition) is 2. The van der Waals surface area contributed by atoms with E-state index in [2.05, 4.69) is 19.2 Å². The molecule has 0 aliphatic carbocycles. The minimum Gasteiger partial charge on any atom is -0.497 e. The van der Waals surface area contributed by atoms with Crippen LogP contribution < -0.4 is 15.8 Å². The molecular weight excluding hydrogens is 256 g/mol. The lowest BCUT2D eigenvalue weighted by Crippen LogP contribution is -2.35. The van der Waals surface area contributed by atoms with Crippen molar-refractivity contribution in [2.75, 3.05) is 33.1 Å². The number of benzene rings is 1. The van der Waals surface area contributed by atoms with Gasteiger partial charge in [0.1, 0.15) is 5.75 Å². The van der Waals surface area contributed by atoms with E-state index in [1.54, 1.807) is 32.4 Å². The van der Waals surface area contributed by atoms with Crippen molar-refractivity contribution in [3.63, 3.8) is 0 Å². The second kappa shape index (κ2) is 7.14. The number of methoxy groups -OCH3 is 2. The minimum atomic E-state index is -0.171. The van der Waals surface area contributed by atoms with Crippen LogP contribution in [0.4, 0.5) is 5.69 Å². The molecule has 20 heavy (non-hydrogen) atoms. The van der Waals surface area contributed by atoms with E-state index in [1.165, 1.54) is 0 Å². The van der Waals surface area contributed by atoms with Crippen molar-refractivity contribution in [3.8, 4) is 5.75 Å². The first-order valence-electron chi connectivity index (χ1n) is 6.60. The van der Waals surface area contributed by atoms with Crippen LogP contribution in [0.15, 0.2) is 18.2 Å². The van der Waals surface area contributed by atoms with Crippen LogP contribution in [0.2, 0.25) is 0 Å². The zero-order valence-corrected chi connectivity index (χ0v) is 12.7. The summed E-state index contributed by atoms with van der Waals surface area (Å²) < 4.78 is 10.1. The quantitative estimate of drug-likeness (QED) is 0.750. The van der Waals surface area contributed by atoms with Crippen molar-refractivity contribution in [2.45, 2.75) is 20.3 Å². The number of nitrogen functional groups attached to an aromatic ring is 1. The summed E-state index contributed by atoms with van der Waals surface area (Å²) in [6.45, 7) is 5.42. The smallest absolute Gasteiger partial charge is 0.253 e. The first-order valence-corrected chi connectivity index (χ1v) is 6.60. The summed E-state index contributed by atoms with van der Waals surface area (Å²) in [6, 6.07) is 5.04. The highest BCUT2D eigenvalue weighted by Crippen LogP contribution is 2.21. The topological polar surface area (TPSA) is 73.6 Å². The normalized spacial score (nSPS) is 11.2. The predicted molar refractivity (Wildman–Crippen MR) is 80.0 cm³/mol. The fraction of sp³-hybridized carbons (Fsp3) is 0.533. The summed E-state index contributed by atoms with van der Waals surface area (Å²) in [5.74, 6) is 0.468. The molecule has 112 valence electrons. The summed E-state index contributed by atoms with van der Waals surface area (Å²) in [6.07, 6.45) is 0.877. The minimum absolute atomic E-state index is 0.0209. The average molecular weight is 280 g/mol. The Bertz CT molecular complexity index is 458. The van der Waals surface area contributed by atoms with Crippen LogP contribution in [0.1, 0.15) is 30.6 Å². The SMILES string of the molecule is COCCC(C)(C)CNC(=O)c1ccc(OC)cc1N. The van der Waals surface area contributed by atoms with Crippen LogP contribution in [0.3, 0.4) is 0 Å². The molecule has 5 nitrogen and oxygen atoms in total. The van der Waals surface area contributed by atoms with Crippen LogP contribution >= 0.6 is 0 Å². The summed E-state index contributed by atoms with van der Waals surface area (Å²) in [5.41, 5.74) is 6.72. The number of amides is 1. The van der Waals surface area contributed by atoms with Crippen molar-refractivity contribution < 1.29 is 14.3 Å². The number of hydrogen-bond acceptors (Lipinski definition) is 4. The van der Waals surface area contributed by atoms with E-state index in [-0.39, 0.29) is 11.3 Å². The Kier molecular flexibility index (Phi) is 5.82. The molecule has 0 unspecified atom stereocenters. The van der Waals surface area contributed by atoms with Gasteiger partial charge in [0, 0.05) is 32.0 Å². The largest absolute Gasteiger partial charge is 0.497 e. The maximum absolute atomic E-state index is 12.1. The van der Waals surface area contributed by atoms with Gasteiger partial charge in [-0.3, -0.25) is 4.79 Å². The number of nitrogens with one attached hydrogen (secondary N) is 1. The molecule has 1 aromatic rings. The van der Waals surface area contributed by atoms with Gasteiger partial charge >= 0.3 is 0 Å². The molecule has 0 saturated carbocycles. The summed E-state index contributed by atoms with van der Waals surface area (Å²) in [7, 11) is 3.24. The number of rotatable bonds is 7. The highest BCUT2D eigenvalue weighted by molar-refractivity contribution is 5.99. The number of anilines is 1. The van der Waals surface area contributed by atoms with Crippen LogP contribution in [0.25, 0.3) is 0 Å². The van der Waals surface area contributed by atoms with Gasteiger partial charge in [0.2, 0.25) is 0 Å². The van der Waals surface area contributed by atoms with E-state index in [0.29, 0.717) is 30.2 Å². The molecule has 0 heterocycles. The molecule has 0 spiro atoms. The second-order valence-corrected chi connectivity index (χ2v) is 5.54. The fourth-order valence-electron chi connectivity index (χ4n) is 1.76. The van der Waals surface area contributed by atoms with E-state index in [4.69, 9.17) is 15.2 Å². The number of carbonyl (C=O) groups is 1. The number of nitrogens with two attached hydrogens (primary N) is 1. The van der Waals surface area contributed by atoms with E-state index in [9.17, 15) is 4.79 Å². The van der Waals surface area contributed by atoms with Crippen LogP contribution in [0, 0.1) is 5.41 Å². The Morgan fingerprint density at radius 2 is 2.05 bits per heavy atom. The molecule has 0 atom stereocenters. The van der Waals surface area contributed by atoms with Gasteiger partial charge in [-0.05, 0) is 24.0 Å². The molecule has 3 N–H and O–H groups in total. The van der Waals surface area contributed by atoms with Crippen LogP contribution in [-0.4, -0.2) is 33.3 Å². The molecule has 1 aromatic carbocycles. The number of carbonyl (C=O) groups excluding carboxylic acids is 1. The molecule has 1 rings (SSSR count). The highest BCUT2D eigenvalue weighted by Gasteiger charge is 2.19. The molecule has 0 fully saturated rings. The van der Waals surface area contributed by atoms with Gasteiger partial charge in [0.15, 0.2) is 0 Å². The third kappa shape index (κ3) is 4.74. The Hall–Kier alpha value is -1.75. The molecule has 0 aromatic heterocycles. The molecule has 5 heteroatoms. The maximum Gasteiger partial charge on any atom is 0.253 e. The van der Waals surface area contributed by atoms with Crippen molar-refractivity contribution in [2.24, 2.45) is 5.41 Å². The van der Waals surface area contributed by atoms with Crippen LogP contribution in [-0.2, 0) is 4.74 Å². The Labute approximate surface area is 120 Å². The van der Waals surface area contributed by atoms with E-state index in [0.717, 1.165) is 6.42 Å². The average Bonchev–Trinajstić information content (AvgIpc) is 2.42. The molecule has 0 aliphatic rings. The van der Waals surface area contributed by atoms with Gasteiger partial charge in [0.05, 0.1) is 12.7 Å². The number of ether oxygens (including phenoxy) is 2. The van der Waals surface area contributed by atoms with Crippen molar-refractivity contribution in [1.82, 2.24) is 5.32 Å². The molecule has 0 bridgehead atoms. The van der Waals surface area contributed by atoms with Gasteiger partial charge in [-0.25, -0.2) is 0 Å². The first-order chi connectivity index (χ1) is 9.39. The van der Waals surface area contributed by atoms with Gasteiger partial charge in [0.25, 0.3) is 5.91 Å². The lowest BCUT2D eigenvalue weighted by molar-refractivity contribution is 0.0922. The van der Waals surface area contributed by atoms with Crippen molar-refractivity contribution in [3.05, 3.63) is 23.8 Å². The summed E-state index contributed by atoms with van der Waals surface area (Å²) in [5, 5.41) is 2.91.